The minimum Gasteiger partial charge on any atom is -0.423 e. The Bertz CT molecular complexity index is 3170. The number of alkyl halides is 1. The molecule has 326 valence electrons. The van der Waals surface area contributed by atoms with Crippen molar-refractivity contribution in [3.63, 3.8) is 0 Å². The van der Waals surface area contributed by atoms with E-state index in [1.807, 2.05) is 94.1 Å². The number of H-pyrrole nitrogens is 1. The molecule has 0 aliphatic heterocycles. The smallest absolute Gasteiger partial charge is 0.423 e. The predicted octanol–water partition coefficient (Wildman–Crippen LogP) is 10.6. The SMILES string of the molecule is BrCC1CC1.N#Cc1ccccc1-c1ccc2c(c1)sc(=O)n2CC1CC1.N#Cc1ccccc1B(O)O.O=c1[nH]c2ccc(Br)cc2s1.O=c1sc2cc(Br)ccc2n1CC1CC1. The number of aromatic nitrogens is 3. The number of halogens is 3. The molecule has 0 saturated heterocycles. The quantitative estimate of drug-likeness (QED) is 0.106. The van der Waals surface area contributed by atoms with Crippen molar-refractivity contribution >= 4 is 125 Å². The zero-order valence-corrected chi connectivity index (χ0v) is 41.5. The van der Waals surface area contributed by atoms with E-state index in [0.717, 1.165) is 75.6 Å². The zero-order valence-electron chi connectivity index (χ0n) is 34.3. The van der Waals surface area contributed by atoms with Gasteiger partial charge >= 0.3 is 21.7 Å². The van der Waals surface area contributed by atoms with Gasteiger partial charge in [0.05, 0.1) is 53.9 Å². The van der Waals surface area contributed by atoms with E-state index in [2.05, 4.69) is 58.8 Å². The van der Waals surface area contributed by atoms with Gasteiger partial charge in [0.1, 0.15) is 0 Å². The standard InChI is InChI=1S/C18H14N2OS.C11H10BrNOS.C7H6BNO2.C7H4BrNOS.C4H7Br/c19-10-14-3-1-2-4-15(14)13-7-8-16-17(9-13)22-18(21)20(16)11-12-5-6-12;12-8-3-4-9-10(5-8)15-11(14)13(9)6-7-1-2-7;9-5-6-3-1-2-4-7(6)8(10)11;8-4-1-2-5-6(3-4)11-7(10)9-5;5-3-4-1-2-4/h1-4,7-9,12H,5-6,11H2;3-5,7H,1-2,6H2;1-4,10-11H;1-3H,(H,9,10);4H,1-3H2. The maximum atomic E-state index is 12.2. The Morgan fingerprint density at radius 1 is 0.641 bits per heavy atom. The van der Waals surface area contributed by atoms with E-state index in [1.165, 1.54) is 90.0 Å². The van der Waals surface area contributed by atoms with Crippen LogP contribution in [0, 0.1) is 40.4 Å². The summed E-state index contributed by atoms with van der Waals surface area (Å²) in [4.78, 5) is 37.8. The van der Waals surface area contributed by atoms with Crippen molar-refractivity contribution in [1.82, 2.24) is 14.1 Å². The molecule has 8 aromatic rings. The molecule has 0 spiro atoms. The van der Waals surface area contributed by atoms with Gasteiger partial charge in [0.15, 0.2) is 0 Å². The lowest BCUT2D eigenvalue weighted by Gasteiger charge is -2.05. The van der Waals surface area contributed by atoms with Crippen LogP contribution in [0.4, 0.5) is 0 Å². The molecular formula is C47H41BBr3N5O5S3. The van der Waals surface area contributed by atoms with Gasteiger partial charge in [-0.05, 0) is 134 Å². The Hall–Kier alpha value is -4.43. The molecule has 10 nitrogen and oxygen atoms in total. The fourth-order valence-corrected chi connectivity index (χ4v) is 10.9. The highest BCUT2D eigenvalue weighted by Gasteiger charge is 2.25. The molecule has 3 aliphatic carbocycles. The van der Waals surface area contributed by atoms with Crippen LogP contribution >= 0.6 is 81.8 Å². The molecule has 11 rings (SSSR count). The monoisotopic (exact) mass is 1100 g/mol. The molecule has 5 aromatic carbocycles. The summed E-state index contributed by atoms with van der Waals surface area (Å²) in [5.41, 5.74) is 6.11. The highest BCUT2D eigenvalue weighted by atomic mass is 79.9. The summed E-state index contributed by atoms with van der Waals surface area (Å²) in [6, 6.07) is 35.8. The summed E-state index contributed by atoms with van der Waals surface area (Å²) in [5.74, 6) is 2.47. The van der Waals surface area contributed by atoms with Gasteiger partial charge in [0.25, 0.3) is 0 Å². The van der Waals surface area contributed by atoms with Crippen molar-refractivity contribution in [3.8, 4) is 23.3 Å². The number of rotatable bonds is 7. The van der Waals surface area contributed by atoms with Crippen LogP contribution in [0.15, 0.2) is 126 Å². The van der Waals surface area contributed by atoms with Crippen LogP contribution in [-0.2, 0) is 13.1 Å². The molecular weight excluding hydrogens is 1060 g/mol. The Morgan fingerprint density at radius 2 is 1.16 bits per heavy atom. The maximum Gasteiger partial charge on any atom is 0.489 e. The van der Waals surface area contributed by atoms with Crippen LogP contribution in [0.25, 0.3) is 41.8 Å². The molecule has 0 bridgehead atoms. The number of nitrogens with one attached hydrogen (secondary N) is 1. The Labute approximate surface area is 406 Å². The average Bonchev–Trinajstić information content (AvgIpc) is 4.22. The number of hydrogen-bond acceptors (Lipinski definition) is 10. The lowest BCUT2D eigenvalue weighted by Crippen LogP contribution is -2.31. The van der Waals surface area contributed by atoms with Crippen molar-refractivity contribution in [1.29, 1.82) is 10.5 Å². The second-order valence-electron chi connectivity index (χ2n) is 15.6. The third kappa shape index (κ3) is 12.9. The van der Waals surface area contributed by atoms with Crippen LogP contribution in [0.2, 0.25) is 0 Å². The van der Waals surface area contributed by atoms with Gasteiger partial charge in [0.2, 0.25) is 0 Å². The minimum atomic E-state index is -1.56. The summed E-state index contributed by atoms with van der Waals surface area (Å²) in [5, 5.41) is 36.5. The molecule has 3 heterocycles. The van der Waals surface area contributed by atoms with Crippen molar-refractivity contribution in [3.05, 3.63) is 152 Å². The first kappa shape index (κ1) is 47.5. The predicted molar refractivity (Wildman–Crippen MR) is 273 cm³/mol. The second kappa shape index (κ2) is 22.2. The van der Waals surface area contributed by atoms with Crippen LogP contribution in [0.1, 0.15) is 49.7 Å². The topological polar surface area (TPSA) is 165 Å². The van der Waals surface area contributed by atoms with Gasteiger partial charge in [-0.1, -0.05) is 124 Å². The molecule has 3 saturated carbocycles. The molecule has 3 fully saturated rings. The van der Waals surface area contributed by atoms with Crippen LogP contribution in [0.5, 0.6) is 0 Å². The summed E-state index contributed by atoms with van der Waals surface area (Å²) in [6.45, 7) is 1.74. The highest BCUT2D eigenvalue weighted by molar-refractivity contribution is 9.10. The van der Waals surface area contributed by atoms with E-state index in [0.29, 0.717) is 17.0 Å². The molecule has 0 atom stereocenters. The Balaban J connectivity index is 0.000000128. The van der Waals surface area contributed by atoms with Gasteiger partial charge in [-0.2, -0.15) is 10.5 Å². The molecule has 0 radical (unpaired) electrons. The van der Waals surface area contributed by atoms with Crippen LogP contribution < -0.4 is 20.1 Å². The van der Waals surface area contributed by atoms with E-state index in [9.17, 15) is 19.6 Å². The normalized spacial score (nSPS) is 13.8. The minimum absolute atomic E-state index is 0.00176. The number of hydrogen-bond donors (Lipinski definition) is 3. The fraction of sp³-hybridized carbons (Fsp3) is 0.255. The summed E-state index contributed by atoms with van der Waals surface area (Å²) >= 11 is 14.0. The molecule has 3 aliphatic rings. The summed E-state index contributed by atoms with van der Waals surface area (Å²) < 4.78 is 8.92. The van der Waals surface area contributed by atoms with Gasteiger partial charge in [0, 0.05) is 27.4 Å². The third-order valence-electron chi connectivity index (χ3n) is 10.6. The van der Waals surface area contributed by atoms with E-state index < -0.39 is 7.12 Å². The number of benzene rings is 5. The highest BCUT2D eigenvalue weighted by Crippen LogP contribution is 2.34. The van der Waals surface area contributed by atoms with E-state index in [1.54, 1.807) is 12.1 Å². The van der Waals surface area contributed by atoms with E-state index >= 15 is 0 Å². The molecule has 3 aromatic heterocycles. The lowest BCUT2D eigenvalue weighted by molar-refractivity contribution is 0.425. The molecule has 17 heteroatoms. The summed E-state index contributed by atoms with van der Waals surface area (Å²) in [6.07, 6.45) is 7.95. The van der Waals surface area contributed by atoms with E-state index in [-0.39, 0.29) is 20.1 Å². The first-order valence-corrected chi connectivity index (χ1v) is 25.7. The van der Waals surface area contributed by atoms with Crippen molar-refractivity contribution in [2.24, 2.45) is 17.8 Å². The number of nitrogens with zero attached hydrogens (tertiary/aromatic N) is 4. The number of nitriles is 2. The fourth-order valence-electron chi connectivity index (χ4n) is 6.58. The lowest BCUT2D eigenvalue weighted by atomic mass is 9.77. The van der Waals surface area contributed by atoms with Crippen molar-refractivity contribution in [2.75, 3.05) is 5.33 Å². The maximum absolute atomic E-state index is 12.2. The zero-order chi connectivity index (χ0) is 45.3. The number of thiazole rings is 3. The third-order valence-corrected chi connectivity index (χ3v) is 15.2. The van der Waals surface area contributed by atoms with Gasteiger partial charge in [-0.25, -0.2) is 0 Å². The Morgan fingerprint density at radius 3 is 1.69 bits per heavy atom. The summed E-state index contributed by atoms with van der Waals surface area (Å²) in [7, 11) is -1.56. The number of fused-ring (bicyclic) bond motifs is 3. The molecule has 3 N–H and O–H groups in total. The van der Waals surface area contributed by atoms with Crippen molar-refractivity contribution in [2.45, 2.75) is 51.6 Å². The second-order valence-corrected chi connectivity index (χ2v) is 21.1. The molecule has 0 unspecified atom stereocenters. The largest absolute Gasteiger partial charge is 0.489 e. The average molecular weight is 1100 g/mol. The van der Waals surface area contributed by atoms with Crippen LogP contribution in [0.3, 0.4) is 0 Å². The van der Waals surface area contributed by atoms with Gasteiger partial charge < -0.3 is 15.0 Å². The first-order chi connectivity index (χ1) is 30.9. The van der Waals surface area contributed by atoms with Crippen LogP contribution in [-0.4, -0.2) is 36.6 Å². The molecule has 64 heavy (non-hydrogen) atoms. The molecule has 0 amide bonds. The first-order valence-electron chi connectivity index (χ1n) is 20.6. The van der Waals surface area contributed by atoms with Crippen molar-refractivity contribution < 1.29 is 10.0 Å². The van der Waals surface area contributed by atoms with Gasteiger partial charge in [-0.3, -0.25) is 23.5 Å². The Kier molecular flexibility index (Phi) is 16.5. The van der Waals surface area contributed by atoms with Gasteiger partial charge in [-0.15, -0.1) is 0 Å². The van der Waals surface area contributed by atoms with E-state index in [4.69, 9.17) is 15.3 Å². The number of aromatic amines is 1.